The summed E-state index contributed by atoms with van der Waals surface area (Å²) in [6, 6.07) is -1.60. The molecule has 1 saturated heterocycles. The molecular formula is C20H32N2O5. The van der Waals surface area contributed by atoms with Crippen LogP contribution in [0.1, 0.15) is 54.4 Å². The summed E-state index contributed by atoms with van der Waals surface area (Å²) in [5, 5.41) is 2.71. The summed E-state index contributed by atoms with van der Waals surface area (Å²) < 4.78 is 10.3. The lowest BCUT2D eigenvalue weighted by Gasteiger charge is -2.40. The number of hydrogen-bond donors (Lipinski definition) is 1. The number of piperidine rings is 1. The van der Waals surface area contributed by atoms with Crippen LogP contribution in [0.3, 0.4) is 0 Å². The second-order valence-electron chi connectivity index (χ2n) is 9.52. The van der Waals surface area contributed by atoms with E-state index in [4.69, 9.17) is 9.47 Å². The number of alkyl carbamates (subject to hydrolysis) is 1. The highest BCUT2D eigenvalue weighted by molar-refractivity contribution is 5.92. The second-order valence-corrected chi connectivity index (χ2v) is 9.52. The van der Waals surface area contributed by atoms with Gasteiger partial charge in [0.1, 0.15) is 17.7 Å². The van der Waals surface area contributed by atoms with E-state index in [0.717, 1.165) is 5.57 Å². The van der Waals surface area contributed by atoms with Gasteiger partial charge in [0.25, 0.3) is 0 Å². The Morgan fingerprint density at radius 1 is 1.19 bits per heavy atom. The molecule has 0 aromatic carbocycles. The van der Waals surface area contributed by atoms with Crippen molar-refractivity contribution in [3.63, 3.8) is 0 Å². The van der Waals surface area contributed by atoms with Crippen LogP contribution in [0, 0.1) is 11.3 Å². The Labute approximate surface area is 161 Å². The molecule has 2 amide bonds. The number of nitrogens with one attached hydrogen (secondary N) is 1. The van der Waals surface area contributed by atoms with E-state index in [2.05, 4.69) is 11.9 Å². The minimum atomic E-state index is -0.827. The van der Waals surface area contributed by atoms with E-state index in [1.807, 2.05) is 20.8 Å². The highest BCUT2D eigenvalue weighted by Crippen LogP contribution is 2.46. The highest BCUT2D eigenvalue weighted by Gasteiger charge is 2.55. The van der Waals surface area contributed by atoms with Crippen molar-refractivity contribution in [3.8, 4) is 0 Å². The number of hydrogen-bond acceptors (Lipinski definition) is 5. The number of carbonyl (C=O) groups excluding carboxylic acids is 3. The number of esters is 1. The summed E-state index contributed by atoms with van der Waals surface area (Å²) in [4.78, 5) is 39.7. The van der Waals surface area contributed by atoms with Crippen LogP contribution in [0.5, 0.6) is 0 Å². The lowest BCUT2D eigenvalue weighted by Crippen LogP contribution is -2.60. The van der Waals surface area contributed by atoms with Gasteiger partial charge in [-0.3, -0.25) is 4.79 Å². The van der Waals surface area contributed by atoms with Crippen molar-refractivity contribution in [1.82, 2.24) is 10.2 Å². The first-order valence-corrected chi connectivity index (χ1v) is 9.33. The third-order valence-corrected chi connectivity index (χ3v) is 5.09. The number of carbonyl (C=O) groups is 3. The van der Waals surface area contributed by atoms with Crippen molar-refractivity contribution in [2.75, 3.05) is 7.11 Å². The van der Waals surface area contributed by atoms with Gasteiger partial charge in [-0.05, 0) is 39.0 Å². The Hall–Kier alpha value is -2.05. The van der Waals surface area contributed by atoms with E-state index in [-0.39, 0.29) is 17.9 Å². The number of methoxy groups -OCH3 is 1. The van der Waals surface area contributed by atoms with Gasteiger partial charge in [0.15, 0.2) is 0 Å². The second kappa shape index (κ2) is 7.17. The van der Waals surface area contributed by atoms with Gasteiger partial charge in [-0.15, -0.1) is 0 Å². The summed E-state index contributed by atoms with van der Waals surface area (Å²) in [7, 11) is 1.32. The number of rotatable bonds is 3. The Bertz CT molecular complexity index is 644. The molecule has 152 valence electrons. The molecule has 4 atom stereocenters. The molecule has 0 spiro atoms. The molecular weight excluding hydrogens is 348 g/mol. The zero-order valence-corrected chi connectivity index (χ0v) is 17.4. The lowest BCUT2D eigenvalue weighted by molar-refractivity contribution is -0.156. The molecule has 1 aliphatic heterocycles. The maximum Gasteiger partial charge on any atom is 0.408 e. The normalized spacial score (nSPS) is 26.0. The predicted molar refractivity (Wildman–Crippen MR) is 101 cm³/mol. The van der Waals surface area contributed by atoms with Crippen molar-refractivity contribution in [2.45, 2.75) is 78.1 Å². The SMILES string of the molecule is C=C1C[C@@H]2C[C@H]1[C@@H](C(=O)OC)N2C(=O)[C@@H](NC(=O)OC(C)(C)C)C(C)(C)C. The molecule has 2 bridgehead atoms. The minimum Gasteiger partial charge on any atom is -0.467 e. The van der Waals surface area contributed by atoms with Gasteiger partial charge in [-0.1, -0.05) is 32.9 Å². The third-order valence-electron chi connectivity index (χ3n) is 5.09. The van der Waals surface area contributed by atoms with E-state index in [9.17, 15) is 14.4 Å². The molecule has 0 radical (unpaired) electrons. The summed E-state index contributed by atoms with van der Waals surface area (Å²) in [6.07, 6.45) is 0.722. The van der Waals surface area contributed by atoms with Gasteiger partial charge < -0.3 is 19.7 Å². The standard InChI is InChI=1S/C20H32N2O5/c1-11-9-12-10-13(11)14(17(24)26-8)22(12)16(23)15(19(2,3)4)21-18(25)27-20(5,6)7/h12-15H,1,9-10H2,2-8H3,(H,21,25)/t12-,13-,14+,15-/m1/s1. The van der Waals surface area contributed by atoms with Gasteiger partial charge in [-0.25, -0.2) is 9.59 Å². The molecule has 2 rings (SSSR count). The minimum absolute atomic E-state index is 0.0893. The largest absolute Gasteiger partial charge is 0.467 e. The molecule has 1 aliphatic carbocycles. The van der Waals surface area contributed by atoms with Gasteiger partial charge in [0.05, 0.1) is 7.11 Å². The van der Waals surface area contributed by atoms with Crippen LogP contribution in [-0.2, 0) is 19.1 Å². The number of amides is 2. The monoisotopic (exact) mass is 380 g/mol. The molecule has 7 heteroatoms. The number of ether oxygens (including phenoxy) is 2. The molecule has 1 N–H and O–H groups in total. The molecule has 7 nitrogen and oxygen atoms in total. The number of likely N-dealkylation sites (tertiary alicyclic amines) is 1. The fourth-order valence-electron chi connectivity index (χ4n) is 3.92. The Morgan fingerprint density at radius 3 is 2.26 bits per heavy atom. The van der Waals surface area contributed by atoms with Crippen molar-refractivity contribution >= 4 is 18.0 Å². The lowest BCUT2D eigenvalue weighted by atomic mass is 9.84. The average molecular weight is 380 g/mol. The van der Waals surface area contributed by atoms with Crippen molar-refractivity contribution in [1.29, 1.82) is 0 Å². The Balaban J connectivity index is 2.28. The molecule has 0 unspecified atom stereocenters. The quantitative estimate of drug-likeness (QED) is 0.601. The molecule has 1 saturated carbocycles. The van der Waals surface area contributed by atoms with E-state index >= 15 is 0 Å². The van der Waals surface area contributed by atoms with Crippen LogP contribution in [0.4, 0.5) is 4.79 Å². The third kappa shape index (κ3) is 4.45. The van der Waals surface area contributed by atoms with Crippen molar-refractivity contribution < 1.29 is 23.9 Å². The molecule has 2 aliphatic rings. The van der Waals surface area contributed by atoms with Crippen LogP contribution in [-0.4, -0.2) is 53.7 Å². The first-order valence-electron chi connectivity index (χ1n) is 9.33. The zero-order chi connectivity index (χ0) is 20.7. The molecule has 0 aromatic rings. The van der Waals surface area contributed by atoms with Gasteiger partial charge in [-0.2, -0.15) is 0 Å². The van der Waals surface area contributed by atoms with Crippen LogP contribution in [0.2, 0.25) is 0 Å². The first-order chi connectivity index (χ1) is 12.3. The fourth-order valence-corrected chi connectivity index (χ4v) is 3.92. The van der Waals surface area contributed by atoms with E-state index in [1.54, 1.807) is 25.7 Å². The van der Waals surface area contributed by atoms with E-state index in [0.29, 0.717) is 12.8 Å². The average Bonchev–Trinajstić information content (AvgIpc) is 3.05. The summed E-state index contributed by atoms with van der Waals surface area (Å²) >= 11 is 0. The summed E-state index contributed by atoms with van der Waals surface area (Å²) in [6.45, 7) is 14.9. The van der Waals surface area contributed by atoms with Crippen LogP contribution in [0.15, 0.2) is 12.2 Å². The number of fused-ring (bicyclic) bond motifs is 2. The highest BCUT2D eigenvalue weighted by atomic mass is 16.6. The predicted octanol–water partition coefficient (Wildman–Crippen LogP) is 2.64. The fraction of sp³-hybridized carbons (Fsp3) is 0.750. The first kappa shape index (κ1) is 21.3. The van der Waals surface area contributed by atoms with E-state index < -0.39 is 35.2 Å². The van der Waals surface area contributed by atoms with Crippen LogP contribution >= 0.6 is 0 Å². The van der Waals surface area contributed by atoms with Crippen molar-refractivity contribution in [2.24, 2.45) is 11.3 Å². The maximum absolute atomic E-state index is 13.4. The smallest absolute Gasteiger partial charge is 0.408 e. The van der Waals surface area contributed by atoms with Gasteiger partial charge in [0.2, 0.25) is 5.91 Å². The van der Waals surface area contributed by atoms with Crippen molar-refractivity contribution in [3.05, 3.63) is 12.2 Å². The van der Waals surface area contributed by atoms with Gasteiger partial charge >= 0.3 is 12.1 Å². The Kier molecular flexibility index (Phi) is 5.64. The summed E-state index contributed by atoms with van der Waals surface area (Å²) in [5.41, 5.74) is -0.255. The van der Waals surface area contributed by atoms with Crippen LogP contribution in [0.25, 0.3) is 0 Å². The molecule has 1 heterocycles. The maximum atomic E-state index is 13.4. The van der Waals surface area contributed by atoms with E-state index in [1.165, 1.54) is 7.11 Å². The van der Waals surface area contributed by atoms with Crippen LogP contribution < -0.4 is 5.32 Å². The zero-order valence-electron chi connectivity index (χ0n) is 17.4. The number of nitrogens with zero attached hydrogens (tertiary/aromatic N) is 1. The molecule has 2 fully saturated rings. The van der Waals surface area contributed by atoms with Gasteiger partial charge in [0, 0.05) is 12.0 Å². The summed E-state index contributed by atoms with van der Waals surface area (Å²) in [5.74, 6) is -0.820. The topological polar surface area (TPSA) is 84.9 Å². The molecule has 27 heavy (non-hydrogen) atoms. The molecule has 0 aromatic heterocycles. The Morgan fingerprint density at radius 2 is 1.78 bits per heavy atom.